The van der Waals surface area contributed by atoms with Gasteiger partial charge in [0, 0.05) is 11.9 Å². The van der Waals surface area contributed by atoms with Crippen LogP contribution in [0.15, 0.2) is 48.7 Å². The summed E-state index contributed by atoms with van der Waals surface area (Å²) in [5.74, 6) is 0.199. The second kappa shape index (κ2) is 5.46. The Bertz CT molecular complexity index is 994. The second-order valence-corrected chi connectivity index (χ2v) is 6.08. The first kappa shape index (κ1) is 14.9. The quantitative estimate of drug-likeness (QED) is 0.498. The van der Waals surface area contributed by atoms with Gasteiger partial charge in [-0.15, -0.1) is 0 Å². The summed E-state index contributed by atoms with van der Waals surface area (Å²) in [6.45, 7) is 1.96. The predicted molar refractivity (Wildman–Crippen MR) is 90.3 cm³/mol. The molecule has 4 nitrogen and oxygen atoms in total. The lowest BCUT2D eigenvalue weighted by atomic mass is 10.00. The number of aromatic nitrogens is 2. The summed E-state index contributed by atoms with van der Waals surface area (Å²) in [6.07, 6.45) is 1.71. The molecule has 3 aromatic rings. The van der Waals surface area contributed by atoms with Crippen LogP contribution in [0.1, 0.15) is 22.6 Å². The molecule has 6 heteroatoms. The molecule has 4 rings (SSSR count). The first-order valence-corrected chi connectivity index (χ1v) is 7.84. The van der Waals surface area contributed by atoms with E-state index in [0.29, 0.717) is 27.7 Å². The molecule has 2 heterocycles. The zero-order valence-corrected chi connectivity index (χ0v) is 13.6. The van der Waals surface area contributed by atoms with Crippen molar-refractivity contribution in [2.45, 2.75) is 13.5 Å². The average molecular weight is 342 g/mol. The Hall–Kier alpha value is -2.66. The molecule has 0 fully saturated rings. The number of hydroxylamine groups is 1. The standard InChI is InChI=1S/C18H13ClFN3O/c1-11-9-21-17-10-22(24)18(13-4-2-3-5-15(13)19)14-8-12(20)6-7-16(14)23(11)17/h2-9H,10H2,1H3. The number of fused-ring (bicyclic) bond motifs is 3. The van der Waals surface area contributed by atoms with Crippen LogP contribution in [-0.4, -0.2) is 20.0 Å². The van der Waals surface area contributed by atoms with Gasteiger partial charge in [-0.25, -0.2) is 9.37 Å². The van der Waals surface area contributed by atoms with Gasteiger partial charge in [0.05, 0.1) is 21.8 Å². The van der Waals surface area contributed by atoms with Crippen LogP contribution >= 0.6 is 11.6 Å². The van der Waals surface area contributed by atoms with Crippen molar-refractivity contribution in [3.8, 4) is 5.69 Å². The Labute approximate surface area is 143 Å². The summed E-state index contributed by atoms with van der Waals surface area (Å²) in [7, 11) is 0. The van der Waals surface area contributed by atoms with Crippen LogP contribution in [0.5, 0.6) is 0 Å². The highest BCUT2D eigenvalue weighted by Gasteiger charge is 2.29. The molecule has 0 spiro atoms. The van der Waals surface area contributed by atoms with Crippen LogP contribution in [0.2, 0.25) is 5.02 Å². The van der Waals surface area contributed by atoms with Crippen molar-refractivity contribution in [2.75, 3.05) is 0 Å². The maximum atomic E-state index is 14.0. The van der Waals surface area contributed by atoms with Gasteiger partial charge in [0.1, 0.15) is 5.82 Å². The first-order valence-electron chi connectivity index (χ1n) is 7.46. The van der Waals surface area contributed by atoms with Crippen LogP contribution < -0.4 is 0 Å². The zero-order chi connectivity index (χ0) is 16.8. The Kier molecular flexibility index (Phi) is 3.39. The summed E-state index contributed by atoms with van der Waals surface area (Å²) in [5.41, 5.74) is 3.02. The van der Waals surface area contributed by atoms with E-state index in [1.807, 2.05) is 11.5 Å². The SMILES string of the molecule is Cc1cnc2n1-c1ccc(F)cc1C(c1ccccc1Cl)=[N+]([O-])C2. The molecule has 0 saturated carbocycles. The highest BCUT2D eigenvalue weighted by molar-refractivity contribution is 6.35. The molecule has 120 valence electrons. The maximum Gasteiger partial charge on any atom is 0.229 e. The molecule has 0 amide bonds. The number of nitrogens with zero attached hydrogens (tertiary/aromatic N) is 3. The summed E-state index contributed by atoms with van der Waals surface area (Å²) in [4.78, 5) is 4.32. The Balaban J connectivity index is 2.09. The number of hydrogen-bond donors (Lipinski definition) is 0. The summed E-state index contributed by atoms with van der Waals surface area (Å²) in [5, 5.41) is 13.3. The number of rotatable bonds is 1. The zero-order valence-electron chi connectivity index (χ0n) is 12.8. The Morgan fingerprint density at radius 3 is 2.79 bits per heavy atom. The van der Waals surface area contributed by atoms with Gasteiger partial charge in [-0.1, -0.05) is 23.7 Å². The number of benzene rings is 2. The average Bonchev–Trinajstić information content (AvgIpc) is 2.85. The van der Waals surface area contributed by atoms with Crippen LogP contribution in [0, 0.1) is 17.9 Å². The maximum absolute atomic E-state index is 14.0. The van der Waals surface area contributed by atoms with Crippen molar-refractivity contribution in [3.63, 3.8) is 0 Å². The van der Waals surface area contributed by atoms with Crippen LogP contribution in [-0.2, 0) is 6.54 Å². The molecule has 0 atom stereocenters. The minimum atomic E-state index is -0.409. The van der Waals surface area contributed by atoms with Gasteiger partial charge in [0.2, 0.25) is 12.3 Å². The lowest BCUT2D eigenvalue weighted by Gasteiger charge is -2.12. The largest absolute Gasteiger partial charge is 0.623 e. The van der Waals surface area contributed by atoms with E-state index in [0.717, 1.165) is 16.1 Å². The number of aryl methyl sites for hydroxylation is 1. The number of halogens is 2. The highest BCUT2D eigenvalue weighted by atomic mass is 35.5. The molecule has 24 heavy (non-hydrogen) atoms. The number of imidazole rings is 1. The van der Waals surface area contributed by atoms with E-state index >= 15 is 0 Å². The molecule has 1 aliphatic heterocycles. The van der Waals surface area contributed by atoms with E-state index < -0.39 is 5.82 Å². The molecule has 0 N–H and O–H groups in total. The van der Waals surface area contributed by atoms with E-state index in [1.165, 1.54) is 12.1 Å². The van der Waals surface area contributed by atoms with Gasteiger partial charge in [-0.3, -0.25) is 4.57 Å². The first-order chi connectivity index (χ1) is 11.6. The number of hydrogen-bond acceptors (Lipinski definition) is 2. The minimum absolute atomic E-state index is 0.0602. The van der Waals surface area contributed by atoms with Gasteiger partial charge in [0.15, 0.2) is 5.82 Å². The summed E-state index contributed by atoms with van der Waals surface area (Å²) >= 11 is 6.30. The summed E-state index contributed by atoms with van der Waals surface area (Å²) < 4.78 is 16.7. The topological polar surface area (TPSA) is 43.9 Å². The highest BCUT2D eigenvalue weighted by Crippen LogP contribution is 2.29. The fraction of sp³-hybridized carbons (Fsp3) is 0.111. The van der Waals surface area contributed by atoms with E-state index in [-0.39, 0.29) is 6.54 Å². The van der Waals surface area contributed by atoms with Crippen LogP contribution in [0.3, 0.4) is 0 Å². The predicted octanol–water partition coefficient (Wildman–Crippen LogP) is 3.83. The molecule has 0 bridgehead atoms. The van der Waals surface area contributed by atoms with Crippen molar-refractivity contribution in [3.05, 3.63) is 87.4 Å². The van der Waals surface area contributed by atoms with Crippen molar-refractivity contribution in [2.24, 2.45) is 0 Å². The lowest BCUT2D eigenvalue weighted by molar-refractivity contribution is -0.475. The smallest absolute Gasteiger partial charge is 0.229 e. The Morgan fingerprint density at radius 1 is 1.21 bits per heavy atom. The van der Waals surface area contributed by atoms with Gasteiger partial charge in [-0.05, 0) is 37.3 Å². The molecule has 2 aromatic carbocycles. The molecule has 1 aliphatic rings. The lowest BCUT2D eigenvalue weighted by Crippen LogP contribution is -2.18. The summed E-state index contributed by atoms with van der Waals surface area (Å²) in [6, 6.07) is 11.5. The Morgan fingerprint density at radius 2 is 2.00 bits per heavy atom. The molecule has 1 aromatic heterocycles. The van der Waals surface area contributed by atoms with Crippen molar-refractivity contribution < 1.29 is 9.13 Å². The molecule has 0 radical (unpaired) electrons. The van der Waals surface area contributed by atoms with Gasteiger partial charge in [-0.2, -0.15) is 4.74 Å². The van der Waals surface area contributed by atoms with E-state index in [9.17, 15) is 9.60 Å². The second-order valence-electron chi connectivity index (χ2n) is 5.68. The fourth-order valence-corrected chi connectivity index (χ4v) is 3.32. The molecule has 0 unspecified atom stereocenters. The molecule has 0 aliphatic carbocycles. The minimum Gasteiger partial charge on any atom is -0.623 e. The van der Waals surface area contributed by atoms with Crippen molar-refractivity contribution in [1.82, 2.24) is 9.55 Å². The van der Waals surface area contributed by atoms with Gasteiger partial charge >= 0.3 is 0 Å². The van der Waals surface area contributed by atoms with Gasteiger partial charge in [0.25, 0.3) is 0 Å². The normalized spacial score (nSPS) is 13.5. The third kappa shape index (κ3) is 2.20. The third-order valence-electron chi connectivity index (χ3n) is 4.13. The monoisotopic (exact) mass is 341 g/mol. The van der Waals surface area contributed by atoms with Crippen molar-refractivity contribution >= 4 is 17.3 Å². The van der Waals surface area contributed by atoms with Crippen molar-refractivity contribution in [1.29, 1.82) is 0 Å². The third-order valence-corrected chi connectivity index (χ3v) is 4.46. The molecular formula is C18H13ClFN3O. The van der Waals surface area contributed by atoms with E-state index in [1.54, 1.807) is 36.5 Å². The van der Waals surface area contributed by atoms with E-state index in [4.69, 9.17) is 11.6 Å². The molecular weight excluding hydrogens is 329 g/mol. The van der Waals surface area contributed by atoms with Crippen LogP contribution in [0.25, 0.3) is 5.69 Å². The van der Waals surface area contributed by atoms with Crippen LogP contribution in [0.4, 0.5) is 4.39 Å². The van der Waals surface area contributed by atoms with E-state index in [2.05, 4.69) is 4.98 Å². The van der Waals surface area contributed by atoms with Gasteiger partial charge < -0.3 is 5.21 Å². The molecule has 0 saturated heterocycles. The fourth-order valence-electron chi connectivity index (χ4n) is 3.09.